The SMILES string of the molecule is CN(C)c1cccc(C(=O)N2CCOCC2c2ccc(F)cc2)c1. The quantitative estimate of drug-likeness (QED) is 0.868. The molecule has 0 aromatic heterocycles. The van der Waals surface area contributed by atoms with Crippen molar-refractivity contribution in [1.29, 1.82) is 0 Å². The summed E-state index contributed by atoms with van der Waals surface area (Å²) in [6.45, 7) is 1.45. The highest BCUT2D eigenvalue weighted by Crippen LogP contribution is 2.27. The van der Waals surface area contributed by atoms with E-state index in [1.54, 1.807) is 12.1 Å². The smallest absolute Gasteiger partial charge is 0.254 e. The van der Waals surface area contributed by atoms with E-state index >= 15 is 0 Å². The molecule has 1 fully saturated rings. The lowest BCUT2D eigenvalue weighted by molar-refractivity contribution is -0.00270. The zero-order chi connectivity index (χ0) is 17.1. The minimum absolute atomic E-state index is 0.0312. The molecule has 126 valence electrons. The first-order valence-electron chi connectivity index (χ1n) is 7.98. The number of hydrogen-bond acceptors (Lipinski definition) is 3. The van der Waals surface area contributed by atoms with Gasteiger partial charge in [-0.25, -0.2) is 4.39 Å². The molecule has 0 bridgehead atoms. The van der Waals surface area contributed by atoms with Gasteiger partial charge < -0.3 is 14.5 Å². The van der Waals surface area contributed by atoms with Crippen LogP contribution in [0, 0.1) is 5.82 Å². The van der Waals surface area contributed by atoms with Crippen LogP contribution in [0.2, 0.25) is 0 Å². The molecule has 5 heteroatoms. The van der Waals surface area contributed by atoms with E-state index in [-0.39, 0.29) is 17.8 Å². The minimum atomic E-state index is -0.285. The zero-order valence-electron chi connectivity index (χ0n) is 13.9. The van der Waals surface area contributed by atoms with Gasteiger partial charge in [0.25, 0.3) is 5.91 Å². The van der Waals surface area contributed by atoms with Crippen LogP contribution in [0.1, 0.15) is 22.0 Å². The first-order valence-corrected chi connectivity index (χ1v) is 7.98. The standard InChI is InChI=1S/C19H21FN2O2/c1-21(2)17-5-3-4-15(12-17)19(23)22-10-11-24-13-18(22)14-6-8-16(20)9-7-14/h3-9,12,18H,10-11,13H2,1-2H3. The van der Waals surface area contributed by atoms with Gasteiger partial charge >= 0.3 is 0 Å². The number of nitrogens with zero attached hydrogens (tertiary/aromatic N) is 2. The van der Waals surface area contributed by atoms with Gasteiger partial charge in [-0.15, -0.1) is 0 Å². The third kappa shape index (κ3) is 3.41. The zero-order valence-corrected chi connectivity index (χ0v) is 13.9. The van der Waals surface area contributed by atoms with Crippen molar-refractivity contribution in [2.24, 2.45) is 0 Å². The highest BCUT2D eigenvalue weighted by molar-refractivity contribution is 5.95. The van der Waals surface area contributed by atoms with Crippen molar-refractivity contribution in [3.05, 3.63) is 65.5 Å². The number of carbonyl (C=O) groups is 1. The maximum absolute atomic E-state index is 13.2. The Hall–Kier alpha value is -2.40. The molecule has 1 atom stereocenters. The van der Waals surface area contributed by atoms with Crippen molar-refractivity contribution in [3.8, 4) is 0 Å². The van der Waals surface area contributed by atoms with Crippen molar-refractivity contribution in [3.63, 3.8) is 0 Å². The lowest BCUT2D eigenvalue weighted by atomic mass is 10.0. The molecule has 3 rings (SSSR count). The minimum Gasteiger partial charge on any atom is -0.378 e. The normalized spacial score (nSPS) is 17.6. The first kappa shape index (κ1) is 16.5. The number of ether oxygens (including phenoxy) is 1. The lowest BCUT2D eigenvalue weighted by Gasteiger charge is -2.36. The average Bonchev–Trinajstić information content (AvgIpc) is 2.62. The summed E-state index contributed by atoms with van der Waals surface area (Å²) in [7, 11) is 3.89. The average molecular weight is 328 g/mol. The summed E-state index contributed by atoms with van der Waals surface area (Å²) in [5, 5.41) is 0. The van der Waals surface area contributed by atoms with Crippen molar-refractivity contribution >= 4 is 11.6 Å². The highest BCUT2D eigenvalue weighted by Gasteiger charge is 2.29. The van der Waals surface area contributed by atoms with Crippen LogP contribution in [0.15, 0.2) is 48.5 Å². The molecule has 2 aromatic carbocycles. The Morgan fingerprint density at radius 2 is 1.96 bits per heavy atom. The van der Waals surface area contributed by atoms with E-state index < -0.39 is 0 Å². The fourth-order valence-corrected chi connectivity index (χ4v) is 2.89. The third-order valence-corrected chi connectivity index (χ3v) is 4.25. The predicted octanol–water partition coefficient (Wildman–Crippen LogP) is 3.11. The number of anilines is 1. The number of rotatable bonds is 3. The van der Waals surface area contributed by atoms with Crippen LogP contribution in [-0.4, -0.2) is 44.7 Å². The Kier molecular flexibility index (Phi) is 4.81. The van der Waals surface area contributed by atoms with Gasteiger partial charge in [-0.1, -0.05) is 18.2 Å². The van der Waals surface area contributed by atoms with Gasteiger partial charge in [0.2, 0.25) is 0 Å². The molecular formula is C19H21FN2O2. The predicted molar refractivity (Wildman–Crippen MR) is 91.8 cm³/mol. The van der Waals surface area contributed by atoms with E-state index in [1.165, 1.54) is 12.1 Å². The summed E-state index contributed by atoms with van der Waals surface area (Å²) < 4.78 is 18.7. The van der Waals surface area contributed by atoms with Gasteiger partial charge in [-0.3, -0.25) is 4.79 Å². The highest BCUT2D eigenvalue weighted by atomic mass is 19.1. The molecule has 1 amide bonds. The molecule has 0 N–H and O–H groups in total. The van der Waals surface area contributed by atoms with E-state index in [0.29, 0.717) is 25.3 Å². The van der Waals surface area contributed by atoms with Crippen LogP contribution in [-0.2, 0) is 4.74 Å². The summed E-state index contributed by atoms with van der Waals surface area (Å²) in [5.74, 6) is -0.316. The number of amides is 1. The van der Waals surface area contributed by atoms with Crippen LogP contribution in [0.25, 0.3) is 0 Å². The lowest BCUT2D eigenvalue weighted by Crippen LogP contribution is -2.43. The van der Waals surface area contributed by atoms with E-state index in [4.69, 9.17) is 4.74 Å². The van der Waals surface area contributed by atoms with Gasteiger partial charge in [0, 0.05) is 31.9 Å². The Morgan fingerprint density at radius 3 is 2.67 bits per heavy atom. The maximum atomic E-state index is 13.2. The van der Waals surface area contributed by atoms with Gasteiger partial charge in [0.1, 0.15) is 5.82 Å². The number of halogens is 1. The second-order valence-corrected chi connectivity index (χ2v) is 6.09. The van der Waals surface area contributed by atoms with Crippen LogP contribution in [0.5, 0.6) is 0 Å². The maximum Gasteiger partial charge on any atom is 0.254 e. The molecule has 1 saturated heterocycles. The summed E-state index contributed by atoms with van der Waals surface area (Å²) in [6, 6.07) is 13.6. The summed E-state index contributed by atoms with van der Waals surface area (Å²) >= 11 is 0. The number of benzene rings is 2. The first-order chi connectivity index (χ1) is 11.6. The largest absolute Gasteiger partial charge is 0.378 e. The third-order valence-electron chi connectivity index (χ3n) is 4.25. The molecule has 1 aliphatic heterocycles. The molecular weight excluding hydrogens is 307 g/mol. The van der Waals surface area contributed by atoms with Crippen molar-refractivity contribution in [2.45, 2.75) is 6.04 Å². The molecule has 4 nitrogen and oxygen atoms in total. The van der Waals surface area contributed by atoms with E-state index in [0.717, 1.165) is 11.3 Å². The molecule has 1 heterocycles. The number of carbonyl (C=O) groups excluding carboxylic acids is 1. The van der Waals surface area contributed by atoms with E-state index in [1.807, 2.05) is 48.2 Å². The molecule has 24 heavy (non-hydrogen) atoms. The molecule has 2 aromatic rings. The van der Waals surface area contributed by atoms with Crippen molar-refractivity contribution < 1.29 is 13.9 Å². The molecule has 0 saturated carbocycles. The molecule has 0 aliphatic carbocycles. The van der Waals surface area contributed by atoms with Crippen LogP contribution in [0.3, 0.4) is 0 Å². The fourth-order valence-electron chi connectivity index (χ4n) is 2.89. The van der Waals surface area contributed by atoms with Crippen molar-refractivity contribution in [1.82, 2.24) is 4.90 Å². The number of morpholine rings is 1. The molecule has 0 spiro atoms. The molecule has 1 unspecified atom stereocenters. The molecule has 1 aliphatic rings. The van der Waals surface area contributed by atoms with E-state index in [2.05, 4.69) is 0 Å². The molecule has 0 radical (unpaired) electrons. The van der Waals surface area contributed by atoms with E-state index in [9.17, 15) is 9.18 Å². The van der Waals surface area contributed by atoms with Gasteiger partial charge in [0.15, 0.2) is 0 Å². The number of hydrogen-bond donors (Lipinski definition) is 0. The van der Waals surface area contributed by atoms with Gasteiger partial charge in [-0.05, 0) is 35.9 Å². The Balaban J connectivity index is 1.88. The van der Waals surface area contributed by atoms with Crippen LogP contribution >= 0.6 is 0 Å². The van der Waals surface area contributed by atoms with Gasteiger partial charge in [-0.2, -0.15) is 0 Å². The summed E-state index contributed by atoms with van der Waals surface area (Å²) in [4.78, 5) is 16.8. The Labute approximate surface area is 141 Å². The van der Waals surface area contributed by atoms with Crippen LogP contribution < -0.4 is 4.90 Å². The fraction of sp³-hybridized carbons (Fsp3) is 0.316. The monoisotopic (exact) mass is 328 g/mol. The summed E-state index contributed by atoms with van der Waals surface area (Å²) in [6.07, 6.45) is 0. The van der Waals surface area contributed by atoms with Crippen molar-refractivity contribution in [2.75, 3.05) is 38.8 Å². The second kappa shape index (κ2) is 7.01. The van der Waals surface area contributed by atoms with Gasteiger partial charge in [0.05, 0.1) is 19.3 Å². The second-order valence-electron chi connectivity index (χ2n) is 6.09. The Morgan fingerprint density at radius 1 is 1.21 bits per heavy atom. The Bertz CT molecular complexity index is 716. The van der Waals surface area contributed by atoms with Crippen LogP contribution in [0.4, 0.5) is 10.1 Å². The topological polar surface area (TPSA) is 32.8 Å². The summed E-state index contributed by atoms with van der Waals surface area (Å²) in [5.41, 5.74) is 2.51.